The number of nitrogens with zero attached hydrogens (tertiary/aromatic N) is 2. The molecule has 0 atom stereocenters. The SMILES string of the molecule is CCCCCNc1nc(N)nc(C)c1Cc1cc(CC(=O)OC)ccc1O. The molecule has 1 heterocycles. The highest BCUT2D eigenvalue weighted by Crippen LogP contribution is 2.27. The minimum absolute atomic E-state index is 0.156. The maximum Gasteiger partial charge on any atom is 0.309 e. The number of aromatic hydroxyl groups is 1. The monoisotopic (exact) mass is 372 g/mol. The highest BCUT2D eigenvalue weighted by atomic mass is 16.5. The van der Waals surface area contributed by atoms with Gasteiger partial charge in [0, 0.05) is 24.2 Å². The Morgan fingerprint density at radius 3 is 2.78 bits per heavy atom. The zero-order valence-corrected chi connectivity index (χ0v) is 16.2. The lowest BCUT2D eigenvalue weighted by atomic mass is 10.00. The van der Waals surface area contributed by atoms with Gasteiger partial charge in [0.15, 0.2) is 0 Å². The van der Waals surface area contributed by atoms with Gasteiger partial charge in [0.1, 0.15) is 11.6 Å². The summed E-state index contributed by atoms with van der Waals surface area (Å²) in [6.07, 6.45) is 3.91. The Balaban J connectivity index is 2.27. The molecule has 1 aromatic heterocycles. The Morgan fingerprint density at radius 2 is 2.07 bits per heavy atom. The number of aryl methyl sites for hydroxylation is 1. The van der Waals surface area contributed by atoms with Crippen LogP contribution in [0.5, 0.6) is 5.75 Å². The number of carbonyl (C=O) groups excluding carboxylic acids is 1. The van der Waals surface area contributed by atoms with E-state index in [1.165, 1.54) is 7.11 Å². The first-order valence-corrected chi connectivity index (χ1v) is 9.19. The maximum absolute atomic E-state index is 11.5. The molecule has 0 unspecified atom stereocenters. The lowest BCUT2D eigenvalue weighted by molar-refractivity contribution is -0.139. The Bertz CT molecular complexity index is 793. The van der Waals surface area contributed by atoms with Crippen LogP contribution in [0.1, 0.15) is 48.6 Å². The predicted octanol–water partition coefficient (Wildman–Crippen LogP) is 2.98. The molecule has 27 heavy (non-hydrogen) atoms. The van der Waals surface area contributed by atoms with Gasteiger partial charge in [0.05, 0.1) is 13.5 Å². The second kappa shape index (κ2) is 9.75. The molecular formula is C20H28N4O3. The van der Waals surface area contributed by atoms with Gasteiger partial charge in [0.25, 0.3) is 0 Å². The summed E-state index contributed by atoms with van der Waals surface area (Å²) in [5, 5.41) is 13.6. The first-order chi connectivity index (χ1) is 12.9. The van der Waals surface area contributed by atoms with Crippen molar-refractivity contribution in [2.45, 2.75) is 46.0 Å². The molecule has 0 radical (unpaired) electrons. The van der Waals surface area contributed by atoms with E-state index in [2.05, 4.69) is 22.2 Å². The number of methoxy groups -OCH3 is 1. The molecule has 0 bridgehead atoms. The zero-order chi connectivity index (χ0) is 19.8. The summed E-state index contributed by atoms with van der Waals surface area (Å²) >= 11 is 0. The number of anilines is 2. The molecule has 1 aromatic carbocycles. The van der Waals surface area contributed by atoms with Crippen molar-refractivity contribution >= 4 is 17.7 Å². The minimum atomic E-state index is -0.322. The fourth-order valence-electron chi connectivity index (χ4n) is 2.88. The van der Waals surface area contributed by atoms with Crippen molar-refractivity contribution in [2.24, 2.45) is 0 Å². The van der Waals surface area contributed by atoms with Crippen LogP contribution in [0.3, 0.4) is 0 Å². The number of hydrogen-bond donors (Lipinski definition) is 3. The normalized spacial score (nSPS) is 10.6. The van der Waals surface area contributed by atoms with E-state index in [4.69, 9.17) is 10.5 Å². The van der Waals surface area contributed by atoms with Gasteiger partial charge in [-0.3, -0.25) is 4.79 Å². The molecule has 7 heteroatoms. The standard InChI is InChI=1S/C20H28N4O3/c1-4-5-6-9-22-19-16(13(2)23-20(21)24-19)12-15-10-14(7-8-17(15)25)11-18(26)27-3/h7-8,10,25H,4-6,9,11-12H2,1-3H3,(H3,21,22,23,24). The number of aromatic nitrogens is 2. The van der Waals surface area contributed by atoms with Gasteiger partial charge in [-0.1, -0.05) is 31.9 Å². The second-order valence-corrected chi connectivity index (χ2v) is 6.52. The van der Waals surface area contributed by atoms with E-state index >= 15 is 0 Å². The van der Waals surface area contributed by atoms with E-state index in [-0.39, 0.29) is 24.1 Å². The number of benzene rings is 1. The molecule has 0 aliphatic rings. The molecule has 7 nitrogen and oxygen atoms in total. The summed E-state index contributed by atoms with van der Waals surface area (Å²) in [4.78, 5) is 20.1. The number of hydrogen-bond acceptors (Lipinski definition) is 7. The van der Waals surface area contributed by atoms with Crippen LogP contribution in [0.2, 0.25) is 0 Å². The average molecular weight is 372 g/mol. The number of nitrogens with one attached hydrogen (secondary N) is 1. The topological polar surface area (TPSA) is 110 Å². The second-order valence-electron chi connectivity index (χ2n) is 6.52. The van der Waals surface area contributed by atoms with E-state index in [1.807, 2.05) is 13.0 Å². The van der Waals surface area contributed by atoms with Crippen LogP contribution in [0.4, 0.5) is 11.8 Å². The van der Waals surface area contributed by atoms with Gasteiger partial charge in [-0.15, -0.1) is 0 Å². The Morgan fingerprint density at radius 1 is 1.30 bits per heavy atom. The Labute approximate surface area is 160 Å². The smallest absolute Gasteiger partial charge is 0.309 e. The third-order valence-electron chi connectivity index (χ3n) is 4.39. The third kappa shape index (κ3) is 5.84. The van der Waals surface area contributed by atoms with Gasteiger partial charge in [-0.25, -0.2) is 4.98 Å². The summed E-state index contributed by atoms with van der Waals surface area (Å²) in [6.45, 7) is 4.83. The van der Waals surface area contributed by atoms with Crippen LogP contribution in [0, 0.1) is 6.92 Å². The molecule has 4 N–H and O–H groups in total. The van der Waals surface area contributed by atoms with Gasteiger partial charge in [-0.2, -0.15) is 4.98 Å². The van der Waals surface area contributed by atoms with Crippen LogP contribution in [0.15, 0.2) is 18.2 Å². The van der Waals surface area contributed by atoms with Crippen molar-refractivity contribution in [3.63, 3.8) is 0 Å². The van der Waals surface area contributed by atoms with Crippen LogP contribution in [-0.4, -0.2) is 34.7 Å². The Kier molecular flexibility index (Phi) is 7.40. The van der Waals surface area contributed by atoms with Gasteiger partial charge in [-0.05, 0) is 30.5 Å². The van der Waals surface area contributed by atoms with Gasteiger partial charge < -0.3 is 20.9 Å². The zero-order valence-electron chi connectivity index (χ0n) is 16.2. The summed E-state index contributed by atoms with van der Waals surface area (Å²) in [5.74, 6) is 0.750. The molecule has 0 saturated carbocycles. The number of rotatable bonds is 9. The summed E-state index contributed by atoms with van der Waals surface area (Å²) in [6, 6.07) is 5.12. The van der Waals surface area contributed by atoms with Crippen molar-refractivity contribution in [2.75, 3.05) is 24.7 Å². The molecule has 0 amide bonds. The molecule has 146 valence electrons. The summed E-state index contributed by atoms with van der Waals surface area (Å²) in [7, 11) is 1.36. The van der Waals surface area contributed by atoms with E-state index in [0.717, 1.165) is 42.6 Å². The molecule has 2 rings (SSSR count). The number of nitrogens with two attached hydrogens (primary N) is 1. The molecule has 0 aliphatic heterocycles. The lowest BCUT2D eigenvalue weighted by Crippen LogP contribution is -2.12. The van der Waals surface area contributed by atoms with E-state index in [1.54, 1.807) is 12.1 Å². The number of ether oxygens (including phenoxy) is 1. The third-order valence-corrected chi connectivity index (χ3v) is 4.39. The predicted molar refractivity (Wildman–Crippen MR) is 106 cm³/mol. The van der Waals surface area contributed by atoms with Crippen LogP contribution in [-0.2, 0) is 22.4 Å². The maximum atomic E-state index is 11.5. The van der Waals surface area contributed by atoms with Crippen LogP contribution >= 0.6 is 0 Å². The number of phenols is 1. The van der Waals surface area contributed by atoms with Crippen molar-refractivity contribution in [1.29, 1.82) is 0 Å². The van der Waals surface area contributed by atoms with Crippen molar-refractivity contribution in [3.8, 4) is 5.75 Å². The van der Waals surface area contributed by atoms with Crippen LogP contribution < -0.4 is 11.1 Å². The van der Waals surface area contributed by atoms with Crippen LogP contribution in [0.25, 0.3) is 0 Å². The van der Waals surface area contributed by atoms with Crippen molar-refractivity contribution < 1.29 is 14.6 Å². The van der Waals surface area contributed by atoms with Gasteiger partial charge in [0.2, 0.25) is 5.95 Å². The van der Waals surface area contributed by atoms with E-state index in [9.17, 15) is 9.90 Å². The molecular weight excluding hydrogens is 344 g/mol. The number of unbranched alkanes of at least 4 members (excludes halogenated alkanes) is 2. The molecule has 0 fully saturated rings. The summed E-state index contributed by atoms with van der Waals surface area (Å²) < 4.78 is 4.71. The van der Waals surface area contributed by atoms with E-state index < -0.39 is 0 Å². The fourth-order valence-corrected chi connectivity index (χ4v) is 2.88. The first kappa shape index (κ1) is 20.5. The molecule has 0 spiro atoms. The quantitative estimate of drug-likeness (QED) is 0.458. The Hall–Kier alpha value is -2.83. The average Bonchev–Trinajstić information content (AvgIpc) is 2.63. The largest absolute Gasteiger partial charge is 0.508 e. The number of nitrogen functional groups attached to an aromatic ring is 1. The molecule has 0 aliphatic carbocycles. The number of esters is 1. The highest BCUT2D eigenvalue weighted by Gasteiger charge is 2.14. The molecule has 0 saturated heterocycles. The number of phenolic OH excluding ortho intramolecular Hbond substituents is 1. The lowest BCUT2D eigenvalue weighted by Gasteiger charge is -2.15. The minimum Gasteiger partial charge on any atom is -0.508 e. The highest BCUT2D eigenvalue weighted by molar-refractivity contribution is 5.72. The first-order valence-electron chi connectivity index (χ1n) is 9.19. The van der Waals surface area contributed by atoms with Crippen molar-refractivity contribution in [1.82, 2.24) is 9.97 Å². The van der Waals surface area contributed by atoms with E-state index in [0.29, 0.717) is 17.8 Å². The fraction of sp³-hybridized carbons (Fsp3) is 0.450. The summed E-state index contributed by atoms with van der Waals surface area (Å²) in [5.41, 5.74) is 8.93. The molecule has 2 aromatic rings. The number of carbonyl (C=O) groups is 1. The van der Waals surface area contributed by atoms with Crippen molar-refractivity contribution in [3.05, 3.63) is 40.6 Å². The van der Waals surface area contributed by atoms with Gasteiger partial charge >= 0.3 is 5.97 Å².